The van der Waals surface area contributed by atoms with Crippen LogP contribution < -0.4 is 9.80 Å². The van der Waals surface area contributed by atoms with Crippen molar-refractivity contribution in [2.24, 2.45) is 0 Å². The topological polar surface area (TPSA) is 81.1 Å². The van der Waals surface area contributed by atoms with Crippen molar-refractivity contribution in [3.8, 4) is 0 Å². The van der Waals surface area contributed by atoms with Crippen LogP contribution in [-0.4, -0.2) is 36.5 Å². The summed E-state index contributed by atoms with van der Waals surface area (Å²) in [5.41, 5.74) is 4.70. The first-order valence-electron chi connectivity index (χ1n) is 10.6. The number of benzene rings is 2. The molecule has 2 aromatic rings. The molecule has 0 spiro atoms. The van der Waals surface area contributed by atoms with Gasteiger partial charge in [0.2, 0.25) is 0 Å². The minimum atomic E-state index is -1.02. The van der Waals surface area contributed by atoms with Gasteiger partial charge in [-0.25, -0.2) is 9.59 Å². The molecule has 0 radical (unpaired) electrons. The quantitative estimate of drug-likeness (QED) is 0.478. The van der Waals surface area contributed by atoms with Gasteiger partial charge in [-0.05, 0) is 58.7 Å². The molecule has 0 saturated carbocycles. The molecule has 2 N–H and O–H groups in total. The van der Waals surface area contributed by atoms with Crippen molar-refractivity contribution in [2.45, 2.75) is 59.3 Å². The Morgan fingerprint density at radius 1 is 0.719 bits per heavy atom. The lowest BCUT2D eigenvalue weighted by Crippen LogP contribution is -2.24. The summed E-state index contributed by atoms with van der Waals surface area (Å²) in [6, 6.07) is 11.5. The maximum Gasteiger partial charge on any atom is 0.411 e. The van der Waals surface area contributed by atoms with Crippen LogP contribution in [0.4, 0.5) is 21.0 Å². The van der Waals surface area contributed by atoms with Gasteiger partial charge in [-0.15, -0.1) is 0 Å². The number of nitrogens with zero attached hydrogens (tertiary/aromatic N) is 2. The summed E-state index contributed by atoms with van der Waals surface area (Å²) in [6.45, 7) is 12.6. The molecule has 0 atom stereocenters. The average molecular weight is 463 g/mol. The first-order valence-corrected chi connectivity index (χ1v) is 11.0. The smallest absolute Gasteiger partial charge is 0.411 e. The Hall–Kier alpha value is -2.73. The van der Waals surface area contributed by atoms with Crippen molar-refractivity contribution in [2.75, 3.05) is 23.9 Å². The van der Waals surface area contributed by atoms with Gasteiger partial charge in [0, 0.05) is 19.8 Å². The zero-order valence-corrected chi connectivity index (χ0v) is 20.9. The van der Waals surface area contributed by atoms with Gasteiger partial charge in [-0.2, -0.15) is 0 Å². The van der Waals surface area contributed by atoms with Crippen molar-refractivity contribution in [1.29, 1.82) is 0 Å². The van der Waals surface area contributed by atoms with E-state index in [1.54, 1.807) is 19.2 Å². The third-order valence-electron chi connectivity index (χ3n) is 5.26. The van der Waals surface area contributed by atoms with Gasteiger partial charge in [-0.3, -0.25) is 9.80 Å². The largest absolute Gasteiger partial charge is 0.465 e. The highest BCUT2D eigenvalue weighted by Gasteiger charge is 2.14. The lowest BCUT2D eigenvalue weighted by atomic mass is 9.95. The molecule has 7 heteroatoms. The van der Waals surface area contributed by atoms with E-state index in [0.29, 0.717) is 28.5 Å². The molecule has 0 aliphatic carbocycles. The van der Waals surface area contributed by atoms with Crippen LogP contribution >= 0.6 is 11.6 Å². The van der Waals surface area contributed by atoms with Crippen molar-refractivity contribution in [1.82, 2.24) is 0 Å². The van der Waals surface area contributed by atoms with Crippen molar-refractivity contribution in [3.63, 3.8) is 0 Å². The van der Waals surface area contributed by atoms with Crippen molar-refractivity contribution < 1.29 is 19.8 Å². The van der Waals surface area contributed by atoms with E-state index in [-0.39, 0.29) is 0 Å². The molecule has 0 fully saturated rings. The molecule has 0 bridgehead atoms. The predicted molar refractivity (Wildman–Crippen MR) is 133 cm³/mol. The fraction of sp³-hybridized carbons (Fsp3) is 0.440. The lowest BCUT2D eigenvalue weighted by Gasteiger charge is -2.19. The lowest BCUT2D eigenvalue weighted by molar-refractivity contribution is 0.202. The molecule has 2 rings (SSSR count). The molecule has 0 aliphatic rings. The van der Waals surface area contributed by atoms with Crippen LogP contribution in [0.1, 0.15) is 76.0 Å². The van der Waals surface area contributed by atoms with Crippen LogP contribution in [0.5, 0.6) is 0 Å². The van der Waals surface area contributed by atoms with Crippen LogP contribution in [-0.2, 0) is 0 Å². The van der Waals surface area contributed by atoms with E-state index in [1.165, 1.54) is 23.1 Å². The molecule has 0 heterocycles. The summed E-state index contributed by atoms with van der Waals surface area (Å²) < 4.78 is 0. The highest BCUT2D eigenvalue weighted by atomic mass is 35.5. The SMILES string of the molecule is CC(C)c1cc(C(C)C)cc(N(C)C(=O)O)c1.CC(C)c1ccc(Cl)c(N(C)C(=O)O)c1. The molecule has 0 saturated heterocycles. The molecular weight excluding hydrogens is 428 g/mol. The fourth-order valence-electron chi connectivity index (χ4n) is 2.88. The van der Waals surface area contributed by atoms with E-state index >= 15 is 0 Å². The number of rotatable bonds is 5. The minimum Gasteiger partial charge on any atom is -0.465 e. The summed E-state index contributed by atoms with van der Waals surface area (Å²) >= 11 is 5.93. The Morgan fingerprint density at radius 2 is 1.16 bits per heavy atom. The molecule has 0 aliphatic heterocycles. The maximum atomic E-state index is 11.0. The molecule has 176 valence electrons. The van der Waals surface area contributed by atoms with Gasteiger partial charge in [-0.1, -0.05) is 65.3 Å². The number of hydrogen-bond donors (Lipinski definition) is 2. The van der Waals surface area contributed by atoms with Gasteiger partial charge in [0.1, 0.15) is 0 Å². The summed E-state index contributed by atoms with van der Waals surface area (Å²) in [6.07, 6.45) is -1.95. The minimum absolute atomic E-state index is 0.350. The van der Waals surface area contributed by atoms with E-state index in [4.69, 9.17) is 21.8 Å². The molecule has 32 heavy (non-hydrogen) atoms. The number of carboxylic acid groups (broad SMARTS) is 2. The highest BCUT2D eigenvalue weighted by Crippen LogP contribution is 2.29. The van der Waals surface area contributed by atoms with Gasteiger partial charge >= 0.3 is 12.2 Å². The maximum absolute atomic E-state index is 11.0. The van der Waals surface area contributed by atoms with E-state index in [0.717, 1.165) is 16.2 Å². The van der Waals surface area contributed by atoms with E-state index in [1.807, 2.05) is 32.0 Å². The van der Waals surface area contributed by atoms with Crippen LogP contribution in [0, 0.1) is 0 Å². The molecular formula is C25H35ClN2O4. The first kappa shape index (κ1) is 27.3. The zero-order valence-electron chi connectivity index (χ0n) is 20.2. The third kappa shape index (κ3) is 7.45. The number of anilines is 2. The first-order chi connectivity index (χ1) is 14.8. The second-order valence-electron chi connectivity index (χ2n) is 8.72. The Kier molecular flexibility index (Phi) is 10.0. The number of amides is 2. The van der Waals surface area contributed by atoms with E-state index in [2.05, 4.69) is 33.8 Å². The van der Waals surface area contributed by atoms with Gasteiger partial charge in [0.05, 0.1) is 10.7 Å². The van der Waals surface area contributed by atoms with E-state index in [9.17, 15) is 9.59 Å². The number of carbonyl (C=O) groups is 2. The zero-order chi connectivity index (χ0) is 24.7. The molecule has 2 amide bonds. The molecule has 0 unspecified atom stereocenters. The standard InChI is InChI=1S/C14H21NO2.C11H14ClNO2/c1-9(2)11-6-12(10(3)4)8-13(7-11)15(5)14(16)17;1-7(2)8-4-5-9(12)10(6-8)13(3)11(14)15/h6-10H,1-5H3,(H,16,17);4-7H,1-3H3,(H,14,15). The van der Waals surface area contributed by atoms with Crippen LogP contribution in [0.25, 0.3) is 0 Å². The van der Waals surface area contributed by atoms with Gasteiger partial charge in [0.15, 0.2) is 0 Å². The summed E-state index contributed by atoms with van der Waals surface area (Å²) in [5, 5.41) is 18.3. The summed E-state index contributed by atoms with van der Waals surface area (Å²) in [4.78, 5) is 24.2. The second kappa shape index (κ2) is 11.8. The number of halogens is 1. The normalized spacial score (nSPS) is 10.8. The Morgan fingerprint density at radius 3 is 1.53 bits per heavy atom. The van der Waals surface area contributed by atoms with Gasteiger partial charge in [0.25, 0.3) is 0 Å². The monoisotopic (exact) mass is 462 g/mol. The van der Waals surface area contributed by atoms with Crippen LogP contribution in [0.2, 0.25) is 5.02 Å². The Labute approximate surface area is 196 Å². The molecule has 6 nitrogen and oxygen atoms in total. The van der Waals surface area contributed by atoms with Crippen LogP contribution in [0.3, 0.4) is 0 Å². The Balaban J connectivity index is 0.000000323. The predicted octanol–water partition coefficient (Wildman–Crippen LogP) is 7.63. The summed E-state index contributed by atoms with van der Waals surface area (Å²) in [5.74, 6) is 1.15. The Bertz CT molecular complexity index is 915. The second-order valence-corrected chi connectivity index (χ2v) is 9.12. The highest BCUT2D eigenvalue weighted by molar-refractivity contribution is 6.33. The third-order valence-corrected chi connectivity index (χ3v) is 5.57. The average Bonchev–Trinajstić information content (AvgIpc) is 2.72. The van der Waals surface area contributed by atoms with Crippen molar-refractivity contribution in [3.05, 3.63) is 58.1 Å². The number of hydrogen-bond acceptors (Lipinski definition) is 2. The fourth-order valence-corrected chi connectivity index (χ4v) is 3.12. The van der Waals surface area contributed by atoms with Crippen molar-refractivity contribution >= 4 is 35.2 Å². The van der Waals surface area contributed by atoms with Gasteiger partial charge < -0.3 is 10.2 Å². The van der Waals surface area contributed by atoms with E-state index < -0.39 is 12.2 Å². The molecule has 2 aromatic carbocycles. The molecule has 0 aromatic heterocycles. The van der Waals surface area contributed by atoms with Crippen LogP contribution in [0.15, 0.2) is 36.4 Å². The summed E-state index contributed by atoms with van der Waals surface area (Å²) in [7, 11) is 3.06.